The zero-order valence-electron chi connectivity index (χ0n) is 15.8. The first-order valence-corrected chi connectivity index (χ1v) is 8.46. The second-order valence-corrected chi connectivity index (χ2v) is 7.94. The lowest BCUT2D eigenvalue weighted by atomic mass is 9.82. The normalized spacial score (nSPS) is 11.8. The number of amides is 1. The lowest BCUT2D eigenvalue weighted by Gasteiger charge is -2.33. The van der Waals surface area contributed by atoms with Crippen LogP contribution < -0.4 is 10.6 Å². The summed E-state index contributed by atoms with van der Waals surface area (Å²) in [5, 5.41) is 14.7. The Balaban J connectivity index is 2.60. The predicted molar refractivity (Wildman–Crippen MR) is 98.6 cm³/mol. The van der Waals surface area contributed by atoms with Crippen molar-refractivity contribution in [1.29, 1.82) is 0 Å². The van der Waals surface area contributed by atoms with Crippen LogP contribution in [-0.4, -0.2) is 42.3 Å². The number of esters is 1. The highest BCUT2D eigenvalue weighted by molar-refractivity contribution is 5.96. The number of hydrogen-bond donors (Lipinski definition) is 3. The van der Waals surface area contributed by atoms with Gasteiger partial charge in [-0.1, -0.05) is 32.9 Å². The van der Waals surface area contributed by atoms with E-state index in [0.717, 1.165) is 6.42 Å². The Morgan fingerprint density at radius 2 is 1.76 bits per heavy atom. The molecule has 0 radical (unpaired) electrons. The Kier molecular flexibility index (Phi) is 7.42. The molecule has 0 saturated carbocycles. The highest BCUT2D eigenvalue weighted by Crippen LogP contribution is 2.26. The number of aliphatic hydroxyl groups is 1. The Labute approximate surface area is 150 Å². The molecule has 0 heterocycles. The van der Waals surface area contributed by atoms with Gasteiger partial charge in [0.05, 0.1) is 12.2 Å². The zero-order valence-corrected chi connectivity index (χ0v) is 15.8. The molecular formula is C19H30N2O4. The van der Waals surface area contributed by atoms with Crippen LogP contribution in [0.25, 0.3) is 0 Å². The van der Waals surface area contributed by atoms with Gasteiger partial charge >= 0.3 is 5.97 Å². The molecule has 0 spiro atoms. The van der Waals surface area contributed by atoms with Crippen molar-refractivity contribution in [3.8, 4) is 0 Å². The summed E-state index contributed by atoms with van der Waals surface area (Å²) in [7, 11) is 0. The Bertz CT molecular complexity index is 591. The van der Waals surface area contributed by atoms with Gasteiger partial charge in [-0.15, -0.1) is 0 Å². The van der Waals surface area contributed by atoms with Crippen LogP contribution in [0.1, 0.15) is 51.4 Å². The molecule has 0 fully saturated rings. The van der Waals surface area contributed by atoms with E-state index in [4.69, 9.17) is 9.84 Å². The minimum atomic E-state index is -0.579. The van der Waals surface area contributed by atoms with E-state index >= 15 is 0 Å². The van der Waals surface area contributed by atoms with Crippen molar-refractivity contribution in [3.63, 3.8) is 0 Å². The first kappa shape index (κ1) is 21.0. The molecule has 1 amide bonds. The van der Waals surface area contributed by atoms with Crippen LogP contribution in [0.3, 0.4) is 0 Å². The molecule has 140 valence electrons. The monoisotopic (exact) mass is 350 g/mol. The van der Waals surface area contributed by atoms with Crippen molar-refractivity contribution in [2.45, 2.75) is 46.6 Å². The maximum Gasteiger partial charge on any atom is 0.340 e. The largest absolute Gasteiger partial charge is 0.452 e. The van der Waals surface area contributed by atoms with Crippen molar-refractivity contribution in [1.82, 2.24) is 5.32 Å². The minimum absolute atomic E-state index is 0.0470. The summed E-state index contributed by atoms with van der Waals surface area (Å²) in [6, 6.07) is 6.83. The number of nitrogens with one attached hydrogen (secondary N) is 2. The first-order chi connectivity index (χ1) is 11.5. The maximum atomic E-state index is 12.2. The summed E-state index contributed by atoms with van der Waals surface area (Å²) in [6.45, 7) is 10.2. The highest BCUT2D eigenvalue weighted by Gasteiger charge is 2.27. The quantitative estimate of drug-likeness (QED) is 0.627. The van der Waals surface area contributed by atoms with Crippen LogP contribution in [0.5, 0.6) is 0 Å². The first-order valence-electron chi connectivity index (χ1n) is 8.46. The summed E-state index contributed by atoms with van der Waals surface area (Å²) in [5.41, 5.74) is 0.584. The van der Waals surface area contributed by atoms with Gasteiger partial charge < -0.3 is 20.5 Å². The fourth-order valence-electron chi connectivity index (χ4n) is 3.00. The fourth-order valence-corrected chi connectivity index (χ4v) is 3.00. The summed E-state index contributed by atoms with van der Waals surface area (Å²) in [6.07, 6.45) is 0.799. The van der Waals surface area contributed by atoms with Gasteiger partial charge in [0.2, 0.25) is 0 Å². The van der Waals surface area contributed by atoms with E-state index in [0.29, 0.717) is 17.8 Å². The van der Waals surface area contributed by atoms with Gasteiger partial charge in [0, 0.05) is 17.8 Å². The number of anilines is 1. The van der Waals surface area contributed by atoms with Crippen molar-refractivity contribution >= 4 is 17.6 Å². The van der Waals surface area contributed by atoms with Crippen molar-refractivity contribution in [3.05, 3.63) is 29.8 Å². The number of carbonyl (C=O) groups is 2. The van der Waals surface area contributed by atoms with Gasteiger partial charge in [0.25, 0.3) is 5.91 Å². The summed E-state index contributed by atoms with van der Waals surface area (Å²) in [5.74, 6) is -0.909. The number of carbonyl (C=O) groups excluding carboxylic acids is 2. The zero-order chi connectivity index (χ0) is 19.1. The van der Waals surface area contributed by atoms with E-state index in [1.54, 1.807) is 24.3 Å². The van der Waals surface area contributed by atoms with E-state index in [9.17, 15) is 9.59 Å². The number of rotatable bonds is 8. The van der Waals surface area contributed by atoms with Crippen molar-refractivity contribution in [2.24, 2.45) is 5.41 Å². The molecule has 6 heteroatoms. The second kappa shape index (κ2) is 8.85. The third kappa shape index (κ3) is 8.03. The van der Waals surface area contributed by atoms with Gasteiger partial charge in [-0.3, -0.25) is 4.79 Å². The molecule has 3 N–H and O–H groups in total. The fraction of sp³-hybridized carbons (Fsp3) is 0.579. The molecule has 0 bridgehead atoms. The highest BCUT2D eigenvalue weighted by atomic mass is 16.5. The average Bonchev–Trinajstić information content (AvgIpc) is 2.48. The third-order valence-corrected chi connectivity index (χ3v) is 3.36. The summed E-state index contributed by atoms with van der Waals surface area (Å²) in [4.78, 5) is 24.3. The molecule has 0 saturated heterocycles. The molecule has 0 unspecified atom stereocenters. The van der Waals surface area contributed by atoms with E-state index in [-0.39, 0.29) is 30.1 Å². The van der Waals surface area contributed by atoms with E-state index in [2.05, 4.69) is 31.4 Å². The number of benzene rings is 1. The second-order valence-electron chi connectivity index (χ2n) is 7.94. The van der Waals surface area contributed by atoms with Gasteiger partial charge in [-0.05, 0) is 37.8 Å². The molecule has 25 heavy (non-hydrogen) atoms. The topological polar surface area (TPSA) is 87.7 Å². The average molecular weight is 350 g/mol. The summed E-state index contributed by atoms with van der Waals surface area (Å²) >= 11 is 0. The van der Waals surface area contributed by atoms with E-state index < -0.39 is 5.97 Å². The lowest BCUT2D eigenvalue weighted by Crippen LogP contribution is -2.47. The van der Waals surface area contributed by atoms with Crippen LogP contribution in [0.2, 0.25) is 0 Å². The minimum Gasteiger partial charge on any atom is -0.452 e. The van der Waals surface area contributed by atoms with Gasteiger partial charge in [-0.25, -0.2) is 4.79 Å². The SMILES string of the molecule is CC(C)(C)CC(C)(C)NC(=O)COC(=O)c1ccccc1NCCO. The third-order valence-electron chi connectivity index (χ3n) is 3.36. The van der Waals surface area contributed by atoms with Gasteiger partial charge in [0.15, 0.2) is 6.61 Å². The molecular weight excluding hydrogens is 320 g/mol. The molecule has 0 aliphatic carbocycles. The lowest BCUT2D eigenvalue weighted by molar-refractivity contribution is -0.126. The Hall–Kier alpha value is -2.08. The molecule has 1 aromatic rings. The molecule has 1 rings (SSSR count). The molecule has 6 nitrogen and oxygen atoms in total. The maximum absolute atomic E-state index is 12.2. The predicted octanol–water partition coefficient (Wildman–Crippen LogP) is 2.58. The number of hydrogen-bond acceptors (Lipinski definition) is 5. The Morgan fingerprint density at radius 3 is 2.36 bits per heavy atom. The van der Waals surface area contributed by atoms with Gasteiger partial charge in [0.1, 0.15) is 0 Å². The van der Waals surface area contributed by atoms with Crippen LogP contribution >= 0.6 is 0 Å². The van der Waals surface area contributed by atoms with E-state index in [1.165, 1.54) is 0 Å². The molecule has 0 atom stereocenters. The summed E-state index contributed by atoms with van der Waals surface area (Å²) < 4.78 is 5.13. The molecule has 0 aliphatic heterocycles. The number of ether oxygens (including phenoxy) is 1. The van der Waals surface area contributed by atoms with Crippen molar-refractivity contribution in [2.75, 3.05) is 25.1 Å². The molecule has 0 aliphatic rings. The van der Waals surface area contributed by atoms with Crippen LogP contribution in [0, 0.1) is 5.41 Å². The molecule has 0 aromatic heterocycles. The number of para-hydroxylation sites is 1. The van der Waals surface area contributed by atoms with Gasteiger partial charge in [-0.2, -0.15) is 0 Å². The molecule has 1 aromatic carbocycles. The van der Waals surface area contributed by atoms with Crippen LogP contribution in [0.15, 0.2) is 24.3 Å². The van der Waals surface area contributed by atoms with E-state index in [1.807, 2.05) is 13.8 Å². The number of aliphatic hydroxyl groups excluding tert-OH is 1. The Morgan fingerprint density at radius 1 is 1.12 bits per heavy atom. The van der Waals surface area contributed by atoms with Crippen LogP contribution in [0.4, 0.5) is 5.69 Å². The standard InChI is InChI=1S/C19H30N2O4/c1-18(2,3)13-19(4,5)21-16(23)12-25-17(24)14-8-6-7-9-15(14)20-10-11-22/h6-9,20,22H,10-13H2,1-5H3,(H,21,23). The van der Waals surface area contributed by atoms with Crippen molar-refractivity contribution < 1.29 is 19.4 Å². The smallest absolute Gasteiger partial charge is 0.340 e. The van der Waals surface area contributed by atoms with Crippen LogP contribution in [-0.2, 0) is 9.53 Å².